The van der Waals surface area contributed by atoms with Crippen LogP contribution in [0.4, 0.5) is 0 Å². The van der Waals surface area contributed by atoms with Crippen molar-refractivity contribution in [2.75, 3.05) is 0 Å². The second-order valence-electron chi connectivity index (χ2n) is 7.23. The third kappa shape index (κ3) is 3.00. The molecule has 1 aliphatic rings. The molecule has 2 heterocycles. The predicted octanol–water partition coefficient (Wildman–Crippen LogP) is 3.68. The van der Waals surface area contributed by atoms with Gasteiger partial charge in [-0.05, 0) is 28.3 Å². The first-order valence-corrected chi connectivity index (χ1v) is 9.65. The van der Waals surface area contributed by atoms with Crippen LogP contribution < -0.4 is 5.32 Å². The topological polar surface area (TPSA) is 108 Å². The van der Waals surface area contributed by atoms with Crippen molar-refractivity contribution in [2.45, 2.75) is 18.9 Å². The number of nitrogens with one attached hydrogen (secondary N) is 2. The van der Waals surface area contributed by atoms with Gasteiger partial charge in [-0.2, -0.15) is 0 Å². The van der Waals surface area contributed by atoms with Crippen LogP contribution in [0, 0.1) is 0 Å². The van der Waals surface area contributed by atoms with Gasteiger partial charge in [0.2, 0.25) is 5.91 Å². The fourth-order valence-corrected chi connectivity index (χ4v) is 4.05. The lowest BCUT2D eigenvalue weighted by molar-refractivity contribution is -0.138. The summed E-state index contributed by atoms with van der Waals surface area (Å²) in [6, 6.07) is 15.4. The molecular formula is C23H18N4O3. The number of carbonyl (C=O) groups is 2. The van der Waals surface area contributed by atoms with Gasteiger partial charge in [-0.25, -0.2) is 4.98 Å². The van der Waals surface area contributed by atoms with Crippen LogP contribution >= 0.6 is 0 Å². The van der Waals surface area contributed by atoms with Gasteiger partial charge in [-0.15, -0.1) is 0 Å². The molecule has 2 aromatic carbocycles. The molecule has 0 spiro atoms. The van der Waals surface area contributed by atoms with Crippen LogP contribution in [0.25, 0.3) is 33.5 Å². The minimum absolute atomic E-state index is 0.0560. The number of fused-ring (bicyclic) bond motifs is 4. The zero-order valence-corrected chi connectivity index (χ0v) is 15.9. The molecule has 3 N–H and O–H groups in total. The van der Waals surface area contributed by atoms with E-state index in [1.54, 1.807) is 12.4 Å². The van der Waals surface area contributed by atoms with Crippen molar-refractivity contribution in [1.82, 2.24) is 20.3 Å². The van der Waals surface area contributed by atoms with Gasteiger partial charge < -0.3 is 15.4 Å². The maximum atomic E-state index is 12.4. The van der Waals surface area contributed by atoms with Crippen molar-refractivity contribution in [2.24, 2.45) is 0 Å². The molecule has 1 atom stereocenters. The third-order valence-electron chi connectivity index (χ3n) is 5.36. The average molecular weight is 398 g/mol. The van der Waals surface area contributed by atoms with Crippen molar-refractivity contribution < 1.29 is 14.7 Å². The van der Waals surface area contributed by atoms with Crippen molar-refractivity contribution in [3.63, 3.8) is 0 Å². The molecule has 0 bridgehead atoms. The highest BCUT2D eigenvalue weighted by Crippen LogP contribution is 2.47. The first kappa shape index (κ1) is 18.1. The van der Waals surface area contributed by atoms with E-state index in [2.05, 4.69) is 15.3 Å². The second-order valence-corrected chi connectivity index (χ2v) is 7.23. The number of hydrogen-bond acceptors (Lipinski definition) is 4. The monoisotopic (exact) mass is 398 g/mol. The molecule has 30 heavy (non-hydrogen) atoms. The molecule has 0 fully saturated rings. The lowest BCUT2D eigenvalue weighted by Crippen LogP contribution is -2.28. The molecule has 2 aromatic heterocycles. The van der Waals surface area contributed by atoms with E-state index in [-0.39, 0.29) is 24.8 Å². The summed E-state index contributed by atoms with van der Waals surface area (Å²) in [6.45, 7) is 0. The number of imidazole rings is 1. The quantitative estimate of drug-likeness (QED) is 0.475. The molecule has 7 heteroatoms. The Bertz CT molecular complexity index is 1260. The van der Waals surface area contributed by atoms with Crippen LogP contribution in [0.2, 0.25) is 0 Å². The fourth-order valence-electron chi connectivity index (χ4n) is 4.05. The molecule has 0 aliphatic heterocycles. The van der Waals surface area contributed by atoms with E-state index in [1.165, 1.54) is 0 Å². The highest BCUT2D eigenvalue weighted by Gasteiger charge is 2.32. The number of amides is 1. The number of pyridine rings is 1. The van der Waals surface area contributed by atoms with Crippen molar-refractivity contribution in [3.05, 3.63) is 72.1 Å². The van der Waals surface area contributed by atoms with Crippen LogP contribution in [0.1, 0.15) is 30.0 Å². The third-order valence-corrected chi connectivity index (χ3v) is 5.36. The first-order chi connectivity index (χ1) is 14.6. The number of H-pyrrole nitrogens is 1. The highest BCUT2D eigenvalue weighted by molar-refractivity contribution is 5.93. The average Bonchev–Trinajstić information content (AvgIpc) is 3.32. The molecule has 1 aliphatic carbocycles. The van der Waals surface area contributed by atoms with E-state index in [0.29, 0.717) is 0 Å². The zero-order chi connectivity index (χ0) is 20.7. The number of aliphatic carboxylic acids is 1. The Balaban J connectivity index is 1.60. The highest BCUT2D eigenvalue weighted by atomic mass is 16.4. The van der Waals surface area contributed by atoms with Gasteiger partial charge in [-0.3, -0.25) is 14.6 Å². The first-order valence-electron chi connectivity index (χ1n) is 9.65. The van der Waals surface area contributed by atoms with Crippen LogP contribution in [0.15, 0.2) is 60.9 Å². The largest absolute Gasteiger partial charge is 0.481 e. The summed E-state index contributed by atoms with van der Waals surface area (Å²) in [6.07, 6.45) is 3.20. The number of rotatable bonds is 5. The van der Waals surface area contributed by atoms with Gasteiger partial charge in [0.05, 0.1) is 29.7 Å². The molecule has 0 saturated carbocycles. The van der Waals surface area contributed by atoms with Crippen LogP contribution in [0.3, 0.4) is 0 Å². The number of aromatic amines is 1. The maximum Gasteiger partial charge on any atom is 0.303 e. The van der Waals surface area contributed by atoms with Crippen LogP contribution in [-0.2, 0) is 9.59 Å². The fraction of sp³-hybridized carbons (Fsp3) is 0.130. The standard InChI is InChI=1S/C23H18N4O3/c28-19(8-9-20(29)30)27-22-14-5-2-1-4-13(14)21-15(22)6-3-7-16(21)23-25-17-10-11-24-12-18(17)26-23/h1-7,10-12,22H,8-9H2,(H,25,26)(H,27,28)(H,29,30). The molecule has 7 nitrogen and oxygen atoms in total. The molecule has 0 saturated heterocycles. The number of carbonyl (C=O) groups excluding carboxylic acids is 1. The van der Waals surface area contributed by atoms with Gasteiger partial charge in [0.1, 0.15) is 5.82 Å². The summed E-state index contributed by atoms with van der Waals surface area (Å²) in [5.74, 6) is -0.535. The maximum absolute atomic E-state index is 12.4. The predicted molar refractivity (Wildman–Crippen MR) is 112 cm³/mol. The summed E-state index contributed by atoms with van der Waals surface area (Å²) in [5.41, 5.74) is 6.64. The minimum atomic E-state index is -0.987. The molecule has 1 amide bonds. The Hall–Kier alpha value is -4.00. The Morgan fingerprint density at radius 1 is 1.00 bits per heavy atom. The lowest BCUT2D eigenvalue weighted by atomic mass is 9.99. The van der Waals surface area contributed by atoms with E-state index in [1.807, 2.05) is 48.5 Å². The van der Waals surface area contributed by atoms with Gasteiger partial charge in [-0.1, -0.05) is 42.5 Å². The lowest BCUT2D eigenvalue weighted by Gasteiger charge is -2.16. The van der Waals surface area contributed by atoms with E-state index < -0.39 is 5.97 Å². The van der Waals surface area contributed by atoms with Crippen molar-refractivity contribution in [3.8, 4) is 22.5 Å². The molecule has 0 radical (unpaired) electrons. The molecular weight excluding hydrogens is 380 g/mol. The zero-order valence-electron chi connectivity index (χ0n) is 15.9. The Labute approximate surface area is 171 Å². The minimum Gasteiger partial charge on any atom is -0.481 e. The van der Waals surface area contributed by atoms with E-state index in [4.69, 9.17) is 10.1 Å². The van der Waals surface area contributed by atoms with Crippen molar-refractivity contribution in [1.29, 1.82) is 0 Å². The number of benzene rings is 2. The number of nitrogens with zero attached hydrogens (tertiary/aromatic N) is 2. The number of carboxylic acids is 1. The number of aromatic nitrogens is 3. The number of carboxylic acid groups (broad SMARTS) is 1. The second kappa shape index (κ2) is 7.11. The summed E-state index contributed by atoms with van der Waals surface area (Å²) in [4.78, 5) is 35.4. The van der Waals surface area contributed by atoms with Gasteiger partial charge in [0.15, 0.2) is 0 Å². The Kier molecular flexibility index (Phi) is 4.28. The SMILES string of the molecule is O=C(O)CCC(=O)NC1c2ccccc2-c2c(-c3nc4ccncc4[nH]3)cccc21. The van der Waals surface area contributed by atoms with Gasteiger partial charge in [0, 0.05) is 18.2 Å². The molecule has 5 rings (SSSR count). The summed E-state index contributed by atoms with van der Waals surface area (Å²) < 4.78 is 0. The number of hydrogen-bond donors (Lipinski definition) is 3. The van der Waals surface area contributed by atoms with Crippen LogP contribution in [-0.4, -0.2) is 31.9 Å². The summed E-state index contributed by atoms with van der Waals surface area (Å²) in [7, 11) is 0. The van der Waals surface area contributed by atoms with E-state index >= 15 is 0 Å². The van der Waals surface area contributed by atoms with Gasteiger partial charge in [0.25, 0.3) is 0 Å². The van der Waals surface area contributed by atoms with Crippen molar-refractivity contribution >= 4 is 22.9 Å². The summed E-state index contributed by atoms with van der Waals surface area (Å²) >= 11 is 0. The Morgan fingerprint density at radius 3 is 2.63 bits per heavy atom. The van der Waals surface area contributed by atoms with E-state index in [9.17, 15) is 9.59 Å². The summed E-state index contributed by atoms with van der Waals surface area (Å²) in [5, 5.41) is 11.9. The molecule has 4 aromatic rings. The normalized spacial score (nSPS) is 14.3. The molecule has 1 unspecified atom stereocenters. The van der Waals surface area contributed by atoms with Crippen LogP contribution in [0.5, 0.6) is 0 Å². The van der Waals surface area contributed by atoms with E-state index in [0.717, 1.165) is 44.7 Å². The smallest absolute Gasteiger partial charge is 0.303 e. The molecule has 148 valence electrons. The van der Waals surface area contributed by atoms with Gasteiger partial charge >= 0.3 is 5.97 Å². The Morgan fingerprint density at radius 2 is 1.80 bits per heavy atom.